The average molecular weight is 538 g/mol. The van der Waals surface area contributed by atoms with Gasteiger partial charge < -0.3 is 9.84 Å². The number of nitrogens with one attached hydrogen (secondary N) is 1. The standard InChI is InChI=1S/C24H20ClF3N4O5/c1-31-20-18(22(35)30-23(31)36)32(10-3-11-33,13-14-6-8-16(25)9-7-14)21(29-20)19(34)15-4-2-5-17(12-15)37-24(26,27)28/h2,4-9,12,33H,3,10-11,13H2,1H3/p+1. The van der Waals surface area contributed by atoms with Gasteiger partial charge in [0.05, 0.1) is 6.54 Å². The monoisotopic (exact) mass is 537 g/mol. The van der Waals surface area contributed by atoms with Crippen LogP contribution in [0.4, 0.5) is 24.7 Å². The number of alkyl halides is 3. The number of quaternary nitrogens is 1. The van der Waals surface area contributed by atoms with E-state index in [0.29, 0.717) is 10.6 Å². The normalized spacial score (nSPS) is 16.9. The zero-order chi connectivity index (χ0) is 27.0. The molecule has 0 radical (unpaired) electrons. The second-order valence-electron chi connectivity index (χ2n) is 8.38. The first-order valence-electron chi connectivity index (χ1n) is 11.0. The summed E-state index contributed by atoms with van der Waals surface area (Å²) in [5.41, 5.74) is -1.05. The van der Waals surface area contributed by atoms with Crippen molar-refractivity contribution in [3.05, 3.63) is 85.5 Å². The van der Waals surface area contributed by atoms with Gasteiger partial charge in [0.15, 0.2) is 0 Å². The van der Waals surface area contributed by atoms with Crippen LogP contribution in [-0.2, 0) is 13.6 Å². The van der Waals surface area contributed by atoms with Gasteiger partial charge in [0.25, 0.3) is 11.6 Å². The molecule has 2 N–H and O–H groups in total. The maximum atomic E-state index is 13.8. The van der Waals surface area contributed by atoms with Crippen molar-refractivity contribution in [2.45, 2.75) is 19.3 Å². The molecule has 1 aromatic heterocycles. The fourth-order valence-electron chi connectivity index (χ4n) is 4.31. The van der Waals surface area contributed by atoms with Crippen molar-refractivity contribution in [1.29, 1.82) is 0 Å². The molecular formula is C24H21ClF3N4O5+. The molecule has 37 heavy (non-hydrogen) atoms. The van der Waals surface area contributed by atoms with Gasteiger partial charge in [-0.25, -0.2) is 9.28 Å². The third-order valence-corrected chi connectivity index (χ3v) is 6.16. The lowest BCUT2D eigenvalue weighted by Crippen LogP contribution is -2.57. The number of benzene rings is 2. The van der Waals surface area contributed by atoms with Crippen LogP contribution in [0.3, 0.4) is 0 Å². The molecule has 9 nitrogen and oxygen atoms in total. The van der Waals surface area contributed by atoms with Crippen molar-refractivity contribution in [1.82, 2.24) is 14.0 Å². The number of aliphatic imine (C=N–C) groups is 1. The van der Waals surface area contributed by atoms with Crippen molar-refractivity contribution >= 4 is 34.7 Å². The molecule has 0 fully saturated rings. The number of ether oxygens (including phenoxy) is 1. The molecule has 0 spiro atoms. The summed E-state index contributed by atoms with van der Waals surface area (Å²) in [7, 11) is 1.37. The summed E-state index contributed by atoms with van der Waals surface area (Å²) in [6.07, 6.45) is -4.83. The number of rotatable bonds is 8. The molecule has 3 aromatic rings. The van der Waals surface area contributed by atoms with Gasteiger partial charge in [0.2, 0.25) is 11.5 Å². The molecule has 13 heteroatoms. The van der Waals surface area contributed by atoms with Gasteiger partial charge in [-0.2, -0.15) is 4.99 Å². The summed E-state index contributed by atoms with van der Waals surface area (Å²) in [6, 6.07) is 11.1. The zero-order valence-corrected chi connectivity index (χ0v) is 20.1. The molecule has 194 valence electrons. The Morgan fingerprint density at radius 1 is 1.19 bits per heavy atom. The first kappa shape index (κ1) is 26.3. The van der Waals surface area contributed by atoms with Crippen LogP contribution in [0.2, 0.25) is 5.02 Å². The van der Waals surface area contributed by atoms with E-state index in [1.807, 2.05) is 0 Å². The molecule has 2 aromatic carbocycles. The van der Waals surface area contributed by atoms with Crippen LogP contribution in [0.5, 0.6) is 5.75 Å². The van der Waals surface area contributed by atoms with E-state index in [2.05, 4.69) is 14.7 Å². The zero-order valence-electron chi connectivity index (χ0n) is 19.4. The van der Waals surface area contributed by atoms with E-state index in [0.717, 1.165) is 16.7 Å². The SMILES string of the molecule is Cn1c2c(c(=O)[nH]c1=O)[N+](CCCO)(Cc1ccc(Cl)cc1)C(C(=O)c1cccc(OC(F)(F)F)c1)=N2. The largest absolute Gasteiger partial charge is 0.573 e. The van der Waals surface area contributed by atoms with Gasteiger partial charge in [-0.05, 0) is 24.3 Å². The lowest BCUT2D eigenvalue weighted by molar-refractivity contribution is -0.274. The average Bonchev–Trinajstić information content (AvgIpc) is 3.17. The number of nitrogens with zero attached hydrogens (tertiary/aromatic N) is 3. The molecule has 2 heterocycles. The van der Waals surface area contributed by atoms with E-state index in [4.69, 9.17) is 11.6 Å². The van der Waals surface area contributed by atoms with E-state index in [9.17, 15) is 32.7 Å². The van der Waals surface area contributed by atoms with Crippen molar-refractivity contribution < 1.29 is 27.8 Å². The van der Waals surface area contributed by atoms with Crippen LogP contribution in [0.25, 0.3) is 0 Å². The minimum atomic E-state index is -4.97. The molecule has 0 saturated heterocycles. The maximum Gasteiger partial charge on any atom is 0.573 e. The number of ketones is 1. The molecule has 0 bridgehead atoms. The van der Waals surface area contributed by atoms with E-state index in [-0.39, 0.29) is 49.0 Å². The number of carbonyl (C=O) groups excluding carboxylic acids is 1. The van der Waals surface area contributed by atoms with Crippen molar-refractivity contribution in [3.63, 3.8) is 0 Å². The topological polar surface area (TPSA) is 114 Å². The summed E-state index contributed by atoms with van der Waals surface area (Å²) >= 11 is 6.01. The number of fused-ring (bicyclic) bond motifs is 1. The van der Waals surface area contributed by atoms with E-state index < -0.39 is 33.6 Å². The molecule has 1 unspecified atom stereocenters. The summed E-state index contributed by atoms with van der Waals surface area (Å²) in [4.78, 5) is 45.8. The van der Waals surface area contributed by atoms with E-state index in [1.54, 1.807) is 24.3 Å². The molecule has 4 rings (SSSR count). The van der Waals surface area contributed by atoms with Crippen LogP contribution in [0.1, 0.15) is 22.3 Å². The number of hydrogen-bond donors (Lipinski definition) is 2. The Morgan fingerprint density at radius 3 is 2.54 bits per heavy atom. The molecule has 1 aliphatic heterocycles. The Hall–Kier alpha value is -3.74. The Labute approximate surface area is 212 Å². The number of H-pyrrole nitrogens is 1. The predicted molar refractivity (Wildman–Crippen MR) is 130 cm³/mol. The lowest BCUT2D eigenvalue weighted by Gasteiger charge is -2.33. The van der Waals surface area contributed by atoms with Crippen molar-refractivity contribution in [2.75, 3.05) is 13.2 Å². The Bertz CT molecular complexity index is 1500. The molecule has 0 amide bonds. The van der Waals surface area contributed by atoms with Crippen molar-refractivity contribution in [3.8, 4) is 5.75 Å². The Morgan fingerprint density at radius 2 is 1.89 bits per heavy atom. The van der Waals surface area contributed by atoms with Gasteiger partial charge in [-0.1, -0.05) is 35.9 Å². The third-order valence-electron chi connectivity index (χ3n) is 5.91. The summed E-state index contributed by atoms with van der Waals surface area (Å²) in [5, 5.41) is 10.1. The number of carbonyl (C=O) groups is 1. The van der Waals surface area contributed by atoms with Gasteiger partial charge in [-0.15, -0.1) is 13.2 Å². The minimum Gasteiger partial charge on any atom is -0.406 e. The molecule has 0 saturated carbocycles. The third kappa shape index (κ3) is 5.22. The highest BCUT2D eigenvalue weighted by atomic mass is 35.5. The summed E-state index contributed by atoms with van der Waals surface area (Å²) < 4.78 is 42.9. The minimum absolute atomic E-state index is 0.00320. The quantitative estimate of drug-likeness (QED) is 0.337. The summed E-state index contributed by atoms with van der Waals surface area (Å²) in [5.74, 6) is -1.64. The first-order chi connectivity index (χ1) is 17.4. The smallest absolute Gasteiger partial charge is 0.406 e. The van der Waals surface area contributed by atoms with Crippen LogP contribution >= 0.6 is 11.6 Å². The second kappa shape index (κ2) is 9.96. The van der Waals surface area contributed by atoms with Crippen LogP contribution in [0, 0.1) is 0 Å². The number of aromatic nitrogens is 2. The first-order valence-corrected chi connectivity index (χ1v) is 11.4. The van der Waals surface area contributed by atoms with E-state index in [1.165, 1.54) is 19.2 Å². The fourth-order valence-corrected chi connectivity index (χ4v) is 4.44. The van der Waals surface area contributed by atoms with Gasteiger partial charge in [-0.3, -0.25) is 19.1 Å². The lowest BCUT2D eigenvalue weighted by atomic mass is 10.1. The molecular weight excluding hydrogens is 517 g/mol. The van der Waals surface area contributed by atoms with Gasteiger partial charge >= 0.3 is 17.6 Å². The number of aliphatic hydroxyl groups excluding tert-OH is 1. The highest BCUT2D eigenvalue weighted by Gasteiger charge is 2.51. The summed E-state index contributed by atoms with van der Waals surface area (Å²) in [6.45, 7) is -0.249. The number of Topliss-reactive ketones (excluding diaryl/α,β-unsaturated/α-hetero) is 1. The fraction of sp³-hybridized carbons (Fsp3) is 0.250. The number of aromatic amines is 1. The highest BCUT2D eigenvalue weighted by molar-refractivity contribution is 6.49. The van der Waals surface area contributed by atoms with Gasteiger partial charge in [0.1, 0.15) is 12.3 Å². The van der Waals surface area contributed by atoms with Crippen LogP contribution in [0.15, 0.2) is 63.1 Å². The van der Waals surface area contributed by atoms with Crippen molar-refractivity contribution in [2.24, 2.45) is 12.0 Å². The number of hydrogen-bond acceptors (Lipinski definition) is 6. The second-order valence-corrected chi connectivity index (χ2v) is 8.82. The predicted octanol–water partition coefficient (Wildman–Crippen LogP) is 3.44. The highest BCUT2D eigenvalue weighted by Crippen LogP contribution is 2.40. The number of aliphatic hydroxyl groups is 1. The number of halogens is 4. The molecule has 1 aliphatic rings. The number of amidine groups is 1. The van der Waals surface area contributed by atoms with E-state index >= 15 is 0 Å². The van der Waals surface area contributed by atoms with Crippen LogP contribution < -0.4 is 20.5 Å². The molecule has 1 atom stereocenters. The van der Waals surface area contributed by atoms with Gasteiger partial charge in [0, 0.05) is 36.2 Å². The molecule has 0 aliphatic carbocycles. The maximum absolute atomic E-state index is 13.8. The Kier molecular flexibility index (Phi) is 7.09. The van der Waals surface area contributed by atoms with Crippen LogP contribution in [-0.4, -0.2) is 45.8 Å². The Balaban J connectivity index is 1.92.